The molecular formula is C21H20N4O. The fourth-order valence-corrected chi connectivity index (χ4v) is 3.60. The molecule has 0 saturated heterocycles. The van der Waals surface area contributed by atoms with Gasteiger partial charge in [-0.2, -0.15) is 0 Å². The Hall–Kier alpha value is -3.13. The zero-order chi connectivity index (χ0) is 18.3. The second-order valence-corrected chi connectivity index (χ2v) is 6.79. The molecule has 2 aromatic rings. The van der Waals surface area contributed by atoms with Crippen LogP contribution in [0.4, 0.5) is 0 Å². The van der Waals surface area contributed by atoms with Crippen molar-refractivity contribution in [1.29, 1.82) is 0 Å². The van der Waals surface area contributed by atoms with E-state index in [0.29, 0.717) is 0 Å². The first-order chi connectivity index (χ1) is 12.6. The highest BCUT2D eigenvalue weighted by molar-refractivity contribution is 6.07. The van der Waals surface area contributed by atoms with E-state index in [9.17, 15) is 4.79 Å². The van der Waals surface area contributed by atoms with Crippen molar-refractivity contribution in [2.75, 3.05) is 7.05 Å². The predicted molar refractivity (Wildman–Crippen MR) is 101 cm³/mol. The summed E-state index contributed by atoms with van der Waals surface area (Å²) in [6.07, 6.45) is 5.54. The lowest BCUT2D eigenvalue weighted by Gasteiger charge is -2.25. The molecule has 1 aromatic heterocycles. The number of aliphatic imine (C=N–C) groups is 1. The highest BCUT2D eigenvalue weighted by atomic mass is 16.2. The Labute approximate surface area is 153 Å². The van der Waals surface area contributed by atoms with Crippen LogP contribution >= 0.6 is 0 Å². The quantitative estimate of drug-likeness (QED) is 0.870. The summed E-state index contributed by atoms with van der Waals surface area (Å²) in [5.74, 6) is 6.38. The number of amides is 1. The summed E-state index contributed by atoms with van der Waals surface area (Å²) < 4.78 is 0. The van der Waals surface area contributed by atoms with Crippen molar-refractivity contribution in [1.82, 2.24) is 9.88 Å². The molecule has 2 aliphatic rings. The highest BCUT2D eigenvalue weighted by Crippen LogP contribution is 2.51. The van der Waals surface area contributed by atoms with Crippen molar-refractivity contribution in [3.8, 4) is 23.0 Å². The fourth-order valence-electron chi connectivity index (χ4n) is 3.60. The van der Waals surface area contributed by atoms with Crippen LogP contribution in [0, 0.1) is 17.8 Å². The number of guanidine groups is 1. The van der Waals surface area contributed by atoms with Crippen LogP contribution in [0.5, 0.6) is 0 Å². The molecule has 1 saturated carbocycles. The number of likely N-dealkylation sites (N-methyl/N-ethyl adjacent to an activating group) is 1. The van der Waals surface area contributed by atoms with Crippen molar-refractivity contribution in [2.45, 2.75) is 25.3 Å². The van der Waals surface area contributed by atoms with Crippen molar-refractivity contribution in [3.63, 3.8) is 0 Å². The predicted octanol–water partition coefficient (Wildman–Crippen LogP) is 2.51. The van der Waals surface area contributed by atoms with Crippen LogP contribution in [-0.4, -0.2) is 28.8 Å². The maximum absolute atomic E-state index is 13.0. The van der Waals surface area contributed by atoms with Crippen LogP contribution in [-0.2, 0) is 10.3 Å². The molecule has 0 unspecified atom stereocenters. The van der Waals surface area contributed by atoms with E-state index >= 15 is 0 Å². The van der Waals surface area contributed by atoms with Crippen molar-refractivity contribution < 1.29 is 4.79 Å². The Morgan fingerprint density at radius 2 is 2.04 bits per heavy atom. The van der Waals surface area contributed by atoms with Crippen molar-refractivity contribution in [2.24, 2.45) is 16.6 Å². The SMILES string of the molecule is CC#Cc1cncc(-c2cccc([C@@]3(C4CC4)N=C(N)N(C)C3=O)c2)c1. The molecule has 0 bridgehead atoms. The van der Waals surface area contributed by atoms with Gasteiger partial charge in [0.05, 0.1) is 0 Å². The van der Waals surface area contributed by atoms with Gasteiger partial charge < -0.3 is 5.73 Å². The Morgan fingerprint density at radius 3 is 2.69 bits per heavy atom. The van der Waals surface area contributed by atoms with Gasteiger partial charge in [-0.1, -0.05) is 24.1 Å². The molecule has 1 atom stereocenters. The lowest BCUT2D eigenvalue weighted by atomic mass is 9.83. The number of nitrogens with zero attached hydrogens (tertiary/aromatic N) is 3. The van der Waals surface area contributed by atoms with Crippen LogP contribution in [0.1, 0.15) is 30.9 Å². The number of nitrogens with two attached hydrogens (primary N) is 1. The minimum atomic E-state index is -0.886. The lowest BCUT2D eigenvalue weighted by Crippen LogP contribution is -2.41. The molecule has 0 spiro atoms. The van der Waals surface area contributed by atoms with Gasteiger partial charge in [0, 0.05) is 30.6 Å². The first-order valence-electron chi connectivity index (χ1n) is 8.68. The number of pyridine rings is 1. The van der Waals surface area contributed by atoms with Gasteiger partial charge >= 0.3 is 0 Å². The lowest BCUT2D eigenvalue weighted by molar-refractivity contribution is -0.131. The normalized spacial score (nSPS) is 22.0. The maximum Gasteiger partial charge on any atom is 0.261 e. The minimum absolute atomic E-state index is 0.0432. The molecule has 1 aliphatic carbocycles. The molecule has 4 rings (SSSR count). The van der Waals surface area contributed by atoms with Gasteiger partial charge in [0.1, 0.15) is 0 Å². The van der Waals surface area contributed by atoms with E-state index in [-0.39, 0.29) is 17.8 Å². The second-order valence-electron chi connectivity index (χ2n) is 6.79. The van der Waals surface area contributed by atoms with E-state index < -0.39 is 5.54 Å². The highest BCUT2D eigenvalue weighted by Gasteiger charge is 2.57. The third kappa shape index (κ3) is 2.46. The number of hydrogen-bond donors (Lipinski definition) is 1. The molecule has 1 amide bonds. The summed E-state index contributed by atoms with van der Waals surface area (Å²) in [5.41, 5.74) is 8.81. The summed E-state index contributed by atoms with van der Waals surface area (Å²) in [6.45, 7) is 1.80. The largest absolute Gasteiger partial charge is 0.369 e. The average Bonchev–Trinajstić information content (AvgIpc) is 3.48. The zero-order valence-corrected chi connectivity index (χ0v) is 14.9. The summed E-state index contributed by atoms with van der Waals surface area (Å²) in [4.78, 5) is 23.4. The van der Waals surface area contributed by atoms with Crippen LogP contribution in [0.15, 0.2) is 47.7 Å². The molecule has 130 valence electrons. The van der Waals surface area contributed by atoms with E-state index in [1.165, 1.54) is 4.90 Å². The van der Waals surface area contributed by atoms with Gasteiger partial charge in [-0.25, -0.2) is 4.99 Å². The van der Waals surface area contributed by atoms with Gasteiger partial charge in [-0.15, -0.1) is 5.92 Å². The first-order valence-corrected chi connectivity index (χ1v) is 8.68. The van der Waals surface area contributed by atoms with Crippen LogP contribution in [0.3, 0.4) is 0 Å². The summed E-state index contributed by atoms with van der Waals surface area (Å²) in [7, 11) is 1.69. The Bertz CT molecular complexity index is 981. The first kappa shape index (κ1) is 16.3. The van der Waals surface area contributed by atoms with Gasteiger partial charge in [0.25, 0.3) is 5.91 Å². The van der Waals surface area contributed by atoms with Crippen LogP contribution < -0.4 is 5.73 Å². The van der Waals surface area contributed by atoms with Crippen molar-refractivity contribution in [3.05, 3.63) is 53.9 Å². The number of carbonyl (C=O) groups excluding carboxylic acids is 1. The summed E-state index contributed by atoms with van der Waals surface area (Å²) >= 11 is 0. The Balaban J connectivity index is 1.82. The third-order valence-electron chi connectivity index (χ3n) is 5.08. The van der Waals surface area contributed by atoms with E-state index in [4.69, 9.17) is 5.73 Å². The van der Waals surface area contributed by atoms with E-state index in [2.05, 4.69) is 21.8 Å². The molecule has 1 fully saturated rings. The Morgan fingerprint density at radius 1 is 1.23 bits per heavy atom. The van der Waals surface area contributed by atoms with Crippen LogP contribution in [0.2, 0.25) is 0 Å². The van der Waals surface area contributed by atoms with Gasteiger partial charge in [0.2, 0.25) is 0 Å². The molecule has 0 radical (unpaired) electrons. The molecule has 2 heterocycles. The van der Waals surface area contributed by atoms with Crippen molar-refractivity contribution >= 4 is 11.9 Å². The monoisotopic (exact) mass is 344 g/mol. The third-order valence-corrected chi connectivity index (χ3v) is 5.08. The Kier molecular flexibility index (Phi) is 3.77. The number of aromatic nitrogens is 1. The number of rotatable bonds is 3. The molecule has 1 aliphatic heterocycles. The maximum atomic E-state index is 13.0. The summed E-state index contributed by atoms with van der Waals surface area (Å²) in [6, 6.07) is 9.99. The van der Waals surface area contributed by atoms with Gasteiger partial charge in [-0.3, -0.25) is 14.7 Å². The smallest absolute Gasteiger partial charge is 0.261 e. The zero-order valence-electron chi connectivity index (χ0n) is 14.9. The van der Waals surface area contributed by atoms with Gasteiger partial charge in [-0.05, 0) is 48.9 Å². The fraction of sp³-hybridized carbons (Fsp3) is 0.286. The topological polar surface area (TPSA) is 71.6 Å². The second kappa shape index (κ2) is 5.99. The number of benzene rings is 1. The number of carbonyl (C=O) groups is 1. The molecule has 2 N–H and O–H groups in total. The average molecular weight is 344 g/mol. The molecule has 1 aromatic carbocycles. The molecule has 26 heavy (non-hydrogen) atoms. The van der Waals surface area contributed by atoms with E-state index in [0.717, 1.165) is 35.1 Å². The minimum Gasteiger partial charge on any atom is -0.369 e. The van der Waals surface area contributed by atoms with E-state index in [1.54, 1.807) is 20.2 Å². The summed E-state index contributed by atoms with van der Waals surface area (Å²) in [5, 5.41) is 0. The van der Waals surface area contributed by atoms with Gasteiger partial charge in [0.15, 0.2) is 11.5 Å². The van der Waals surface area contributed by atoms with E-state index in [1.807, 2.05) is 36.5 Å². The van der Waals surface area contributed by atoms with Crippen LogP contribution in [0.25, 0.3) is 11.1 Å². The standard InChI is InChI=1S/C21H20N4O/c1-3-5-14-10-16(13-23-12-14)15-6-4-7-18(11-15)21(17-8-9-17)19(26)25(2)20(22)24-21/h4,6-7,10-13,17H,8-9H2,1-2H3,(H2,22,24)/t21-/m1/s1. The molecule has 5 heteroatoms. The number of hydrogen-bond acceptors (Lipinski definition) is 4. The molecular weight excluding hydrogens is 324 g/mol. The molecule has 5 nitrogen and oxygen atoms in total.